The molecule has 0 saturated heterocycles. The Hall–Kier alpha value is -2.79. The Balaban J connectivity index is 1.49. The lowest BCUT2D eigenvalue weighted by atomic mass is 10.3. The maximum absolute atomic E-state index is 12.9. The molecule has 1 N–H and O–H groups in total. The Bertz CT molecular complexity index is 1110. The Morgan fingerprint density at radius 1 is 1.33 bits per heavy atom. The van der Waals surface area contributed by atoms with E-state index < -0.39 is 17.0 Å². The number of hydrogen-bond acceptors (Lipinski definition) is 8. The Kier molecular flexibility index (Phi) is 7.16. The third-order valence-corrected chi connectivity index (χ3v) is 6.10. The summed E-state index contributed by atoms with van der Waals surface area (Å²) in [5.41, 5.74) is 0.479. The average molecular weight is 451 g/mol. The molecule has 30 heavy (non-hydrogen) atoms. The van der Waals surface area contributed by atoms with Gasteiger partial charge in [-0.1, -0.05) is 18.3 Å². The summed E-state index contributed by atoms with van der Waals surface area (Å²) in [6, 6.07) is 6.68. The molecule has 0 aliphatic heterocycles. The van der Waals surface area contributed by atoms with Crippen molar-refractivity contribution in [2.75, 3.05) is 11.1 Å². The number of anilines is 1. The number of aryl methyl sites for hydroxylation is 1. The van der Waals surface area contributed by atoms with Crippen LogP contribution in [0.4, 0.5) is 10.1 Å². The van der Waals surface area contributed by atoms with E-state index in [2.05, 4.69) is 15.4 Å². The molecule has 0 aliphatic rings. The van der Waals surface area contributed by atoms with Gasteiger partial charge in [0.25, 0.3) is 5.56 Å². The Morgan fingerprint density at radius 2 is 2.07 bits per heavy atom. The number of amides is 1. The first kappa shape index (κ1) is 21.9. The van der Waals surface area contributed by atoms with E-state index in [-0.39, 0.29) is 23.8 Å². The summed E-state index contributed by atoms with van der Waals surface area (Å²) in [6.45, 7) is 3.42. The molecule has 158 valence electrons. The van der Waals surface area contributed by atoms with E-state index in [1.807, 2.05) is 6.92 Å². The summed E-state index contributed by atoms with van der Waals surface area (Å²) in [5, 5.41) is 6.98. The van der Waals surface area contributed by atoms with Crippen molar-refractivity contribution < 1.29 is 18.7 Å². The number of aromatic nitrogens is 3. The van der Waals surface area contributed by atoms with Crippen LogP contribution in [0.5, 0.6) is 0 Å². The predicted molar refractivity (Wildman–Crippen MR) is 113 cm³/mol. The van der Waals surface area contributed by atoms with E-state index in [1.165, 1.54) is 46.2 Å². The molecule has 0 radical (unpaired) electrons. The zero-order valence-electron chi connectivity index (χ0n) is 16.3. The summed E-state index contributed by atoms with van der Waals surface area (Å²) < 4.78 is 19.3. The van der Waals surface area contributed by atoms with Crippen molar-refractivity contribution in [3.63, 3.8) is 0 Å². The molecule has 0 spiro atoms. The molecule has 8 nitrogen and oxygen atoms in total. The zero-order valence-corrected chi connectivity index (χ0v) is 17.9. The number of carbonyl (C=O) groups is 2. The minimum atomic E-state index is -0.594. The van der Waals surface area contributed by atoms with Gasteiger partial charge in [0.15, 0.2) is 0 Å². The van der Waals surface area contributed by atoms with Gasteiger partial charge in [-0.3, -0.25) is 14.4 Å². The smallest absolute Gasteiger partial charge is 0.319 e. The van der Waals surface area contributed by atoms with Crippen LogP contribution in [0.25, 0.3) is 4.96 Å². The molecule has 1 aromatic carbocycles. The van der Waals surface area contributed by atoms with Crippen molar-refractivity contribution in [1.82, 2.24) is 14.6 Å². The highest BCUT2D eigenvalue weighted by atomic mass is 32.2. The van der Waals surface area contributed by atoms with E-state index in [0.717, 1.165) is 16.8 Å². The molecule has 0 unspecified atom stereocenters. The number of nitrogens with zero attached hydrogens (tertiary/aromatic N) is 3. The summed E-state index contributed by atoms with van der Waals surface area (Å²) in [4.78, 5) is 41.0. The highest BCUT2D eigenvalue weighted by molar-refractivity contribution is 8.01. The number of nitrogens with one attached hydrogen (secondary N) is 1. The van der Waals surface area contributed by atoms with Crippen LogP contribution in [0.1, 0.15) is 24.5 Å². The molecule has 0 fully saturated rings. The molecule has 0 bridgehead atoms. The van der Waals surface area contributed by atoms with Crippen molar-refractivity contribution in [1.29, 1.82) is 0 Å². The lowest BCUT2D eigenvalue weighted by Crippen LogP contribution is -2.22. The van der Waals surface area contributed by atoms with Crippen molar-refractivity contribution >= 4 is 45.6 Å². The summed E-state index contributed by atoms with van der Waals surface area (Å²) in [5.74, 6) is -1.20. The number of halogens is 1. The lowest BCUT2D eigenvalue weighted by Gasteiger charge is -2.11. The van der Waals surface area contributed by atoms with Crippen LogP contribution in [-0.2, 0) is 27.4 Å². The van der Waals surface area contributed by atoms with Gasteiger partial charge in [0.05, 0.1) is 11.4 Å². The molecule has 3 aromatic rings. The number of carbonyl (C=O) groups excluding carboxylic acids is 2. The monoisotopic (exact) mass is 450 g/mol. The third kappa shape index (κ3) is 5.63. The number of ether oxygens (including phenoxy) is 1. The predicted octanol–water partition coefficient (Wildman–Crippen LogP) is 2.66. The fraction of sp³-hybridized carbons (Fsp3) is 0.316. The fourth-order valence-corrected chi connectivity index (χ4v) is 3.91. The summed E-state index contributed by atoms with van der Waals surface area (Å²) in [6.07, 6.45) is 0.696. The molecule has 3 rings (SSSR count). The van der Waals surface area contributed by atoms with Crippen LogP contribution in [0.3, 0.4) is 0 Å². The molecule has 1 atom stereocenters. The number of rotatable bonds is 8. The minimum Gasteiger partial charge on any atom is -0.458 e. The fourth-order valence-electron chi connectivity index (χ4n) is 2.37. The Morgan fingerprint density at radius 3 is 2.77 bits per heavy atom. The molecule has 2 heterocycles. The van der Waals surface area contributed by atoms with Crippen molar-refractivity contribution in [3.05, 3.63) is 57.2 Å². The van der Waals surface area contributed by atoms with E-state index in [1.54, 1.807) is 6.92 Å². The van der Waals surface area contributed by atoms with Gasteiger partial charge in [-0.15, -0.1) is 11.8 Å². The van der Waals surface area contributed by atoms with Crippen LogP contribution in [-0.4, -0.2) is 37.5 Å². The molecule has 11 heteroatoms. The number of benzene rings is 1. The second-order valence-electron chi connectivity index (χ2n) is 6.25. The molecule has 0 aliphatic carbocycles. The van der Waals surface area contributed by atoms with Gasteiger partial charge in [0.2, 0.25) is 10.9 Å². The summed E-state index contributed by atoms with van der Waals surface area (Å²) >= 11 is 2.42. The van der Waals surface area contributed by atoms with Crippen LogP contribution >= 0.6 is 23.1 Å². The molecule has 2 aromatic heterocycles. The summed E-state index contributed by atoms with van der Waals surface area (Å²) in [7, 11) is 0. The second-order valence-corrected chi connectivity index (χ2v) is 8.62. The van der Waals surface area contributed by atoms with E-state index in [4.69, 9.17) is 4.74 Å². The van der Waals surface area contributed by atoms with Gasteiger partial charge in [-0.2, -0.15) is 9.61 Å². The topological polar surface area (TPSA) is 103 Å². The first-order valence-corrected chi connectivity index (χ1v) is 10.9. The van der Waals surface area contributed by atoms with Crippen molar-refractivity contribution in [2.45, 2.75) is 32.1 Å². The third-order valence-electron chi connectivity index (χ3n) is 3.93. The maximum atomic E-state index is 12.9. The van der Waals surface area contributed by atoms with Gasteiger partial charge >= 0.3 is 5.97 Å². The largest absolute Gasteiger partial charge is 0.458 e. The molecular formula is C19H19FN4O4S2. The van der Waals surface area contributed by atoms with Crippen molar-refractivity contribution in [2.24, 2.45) is 0 Å². The minimum absolute atomic E-state index is 0.0276. The maximum Gasteiger partial charge on any atom is 0.319 e. The van der Waals surface area contributed by atoms with Gasteiger partial charge in [-0.05, 0) is 37.6 Å². The van der Waals surface area contributed by atoms with E-state index >= 15 is 0 Å². The van der Waals surface area contributed by atoms with Crippen molar-refractivity contribution in [3.8, 4) is 0 Å². The number of thioether (sulfide) groups is 1. The van der Waals surface area contributed by atoms with Crippen LogP contribution in [0.15, 0.2) is 35.1 Å². The zero-order chi connectivity index (χ0) is 21.7. The average Bonchev–Trinajstić information content (AvgIpc) is 3.16. The number of esters is 1. The van der Waals surface area contributed by atoms with E-state index in [0.29, 0.717) is 22.8 Å². The Labute approximate surface area is 179 Å². The first-order chi connectivity index (χ1) is 14.4. The number of fused-ring (bicyclic) bond motifs is 1. The standard InChI is InChI=1S/C19H19FN4O4S2/c1-3-16-23-24-17(26)8-14(22-19(24)30-16)9-28-18(27)11(2)29-10-15(25)21-13-6-4-12(20)5-7-13/h4-8,11H,3,9-10H2,1-2H3,(H,21,25)/t11-/m1/s1. The SMILES string of the molecule is CCc1nn2c(=O)cc(COC(=O)[C@@H](C)SCC(=O)Nc3ccc(F)cc3)nc2s1. The van der Waals surface area contributed by atoms with Gasteiger partial charge in [0.1, 0.15) is 22.7 Å². The van der Waals surface area contributed by atoms with E-state index in [9.17, 15) is 18.8 Å². The van der Waals surface area contributed by atoms with Crippen LogP contribution < -0.4 is 10.9 Å². The van der Waals surface area contributed by atoms with Gasteiger partial charge in [0, 0.05) is 11.8 Å². The van der Waals surface area contributed by atoms with Crippen LogP contribution in [0, 0.1) is 5.82 Å². The molecule has 1 amide bonds. The second kappa shape index (κ2) is 9.81. The number of hydrogen-bond donors (Lipinski definition) is 1. The van der Waals surface area contributed by atoms with Crippen LogP contribution in [0.2, 0.25) is 0 Å². The normalized spacial score (nSPS) is 12.0. The quantitative estimate of drug-likeness (QED) is 0.526. The lowest BCUT2D eigenvalue weighted by molar-refractivity contribution is -0.144. The van der Waals surface area contributed by atoms with Gasteiger partial charge < -0.3 is 10.1 Å². The van der Waals surface area contributed by atoms with Gasteiger partial charge in [-0.25, -0.2) is 9.37 Å². The molecule has 0 saturated carbocycles. The highest BCUT2D eigenvalue weighted by Crippen LogP contribution is 2.16. The first-order valence-electron chi connectivity index (χ1n) is 9.08. The molecular weight excluding hydrogens is 431 g/mol. The highest BCUT2D eigenvalue weighted by Gasteiger charge is 2.18.